The van der Waals surface area contributed by atoms with Gasteiger partial charge in [0.05, 0.1) is 5.56 Å². The van der Waals surface area contributed by atoms with E-state index in [0.717, 1.165) is 0 Å². The van der Waals surface area contributed by atoms with Gasteiger partial charge in [0.15, 0.2) is 0 Å². The number of alkyl halides is 1. The Labute approximate surface area is 104 Å². The van der Waals surface area contributed by atoms with Crippen molar-refractivity contribution in [2.24, 2.45) is 0 Å². The van der Waals surface area contributed by atoms with Crippen LogP contribution in [-0.2, 0) is 0 Å². The number of carbonyl (C=O) groups excluding carboxylic acids is 1. The van der Waals surface area contributed by atoms with Crippen LogP contribution in [0.25, 0.3) is 0 Å². The van der Waals surface area contributed by atoms with Crippen LogP contribution in [0.4, 0.5) is 0 Å². The Morgan fingerprint density at radius 2 is 2.12 bits per heavy atom. The van der Waals surface area contributed by atoms with Crippen molar-refractivity contribution < 1.29 is 9.90 Å². The van der Waals surface area contributed by atoms with Crippen molar-refractivity contribution >= 4 is 29.1 Å². The second-order valence-corrected chi connectivity index (χ2v) is 4.84. The lowest BCUT2D eigenvalue weighted by Gasteiger charge is -2.23. The van der Waals surface area contributed by atoms with E-state index in [4.69, 9.17) is 23.2 Å². The van der Waals surface area contributed by atoms with Gasteiger partial charge in [-0.2, -0.15) is 0 Å². The number of nitrogens with one attached hydrogen (secondary N) is 1. The molecular weight excluding hydrogens is 249 g/mol. The fraction of sp³-hybridized carbons (Fsp3) is 0.364. The molecular formula is C11H13Cl2NO2. The van der Waals surface area contributed by atoms with Crippen molar-refractivity contribution in [2.75, 3.05) is 5.88 Å². The first-order chi connectivity index (χ1) is 7.35. The van der Waals surface area contributed by atoms with Crippen LogP contribution >= 0.6 is 23.2 Å². The van der Waals surface area contributed by atoms with Gasteiger partial charge < -0.3 is 10.4 Å². The molecule has 0 aliphatic rings. The van der Waals surface area contributed by atoms with E-state index in [0.29, 0.717) is 5.02 Å². The number of phenols is 1. The highest BCUT2D eigenvalue weighted by Crippen LogP contribution is 2.22. The molecule has 0 atom stereocenters. The van der Waals surface area contributed by atoms with E-state index in [9.17, 15) is 9.90 Å². The monoisotopic (exact) mass is 261 g/mol. The zero-order valence-corrected chi connectivity index (χ0v) is 10.6. The molecule has 0 aromatic heterocycles. The summed E-state index contributed by atoms with van der Waals surface area (Å²) in [6.07, 6.45) is 0. The molecule has 0 radical (unpaired) electrons. The summed E-state index contributed by atoms with van der Waals surface area (Å²) in [5.74, 6) is -0.224. The number of hydrogen-bond donors (Lipinski definition) is 2. The van der Waals surface area contributed by atoms with Crippen LogP contribution in [0, 0.1) is 0 Å². The predicted molar refractivity (Wildman–Crippen MR) is 65.4 cm³/mol. The third kappa shape index (κ3) is 3.29. The van der Waals surface area contributed by atoms with E-state index in [1.807, 2.05) is 0 Å². The molecule has 0 aliphatic heterocycles. The maximum atomic E-state index is 11.8. The first-order valence-electron chi connectivity index (χ1n) is 4.73. The zero-order chi connectivity index (χ0) is 12.3. The molecule has 1 aromatic rings. The number of rotatable bonds is 3. The summed E-state index contributed by atoms with van der Waals surface area (Å²) in [5.41, 5.74) is -0.390. The molecule has 0 spiro atoms. The van der Waals surface area contributed by atoms with Crippen LogP contribution in [0.5, 0.6) is 5.75 Å². The van der Waals surface area contributed by atoms with Crippen LogP contribution in [0.1, 0.15) is 24.2 Å². The molecule has 0 heterocycles. The van der Waals surface area contributed by atoms with Gasteiger partial charge in [0.1, 0.15) is 5.75 Å². The van der Waals surface area contributed by atoms with Crippen molar-refractivity contribution in [3.63, 3.8) is 0 Å². The van der Waals surface area contributed by atoms with Gasteiger partial charge >= 0.3 is 0 Å². The smallest absolute Gasteiger partial charge is 0.255 e. The molecule has 1 rings (SSSR count). The lowest BCUT2D eigenvalue weighted by Crippen LogP contribution is -2.44. The van der Waals surface area contributed by atoms with Gasteiger partial charge in [0.2, 0.25) is 0 Å². The summed E-state index contributed by atoms with van der Waals surface area (Å²) in [6, 6.07) is 4.31. The number of aromatic hydroxyl groups is 1. The maximum absolute atomic E-state index is 11.8. The van der Waals surface area contributed by atoms with E-state index in [1.54, 1.807) is 13.8 Å². The molecule has 1 amide bonds. The van der Waals surface area contributed by atoms with Crippen LogP contribution in [-0.4, -0.2) is 22.4 Å². The molecule has 88 valence electrons. The van der Waals surface area contributed by atoms with Crippen LogP contribution in [0.3, 0.4) is 0 Å². The fourth-order valence-electron chi connectivity index (χ4n) is 1.10. The molecule has 16 heavy (non-hydrogen) atoms. The Hall–Kier alpha value is -0.930. The van der Waals surface area contributed by atoms with Gasteiger partial charge in [-0.3, -0.25) is 4.79 Å². The number of halogens is 2. The summed E-state index contributed by atoms with van der Waals surface area (Å²) in [4.78, 5) is 11.8. The molecule has 0 aliphatic carbocycles. The highest BCUT2D eigenvalue weighted by molar-refractivity contribution is 6.31. The van der Waals surface area contributed by atoms with Gasteiger partial charge in [0.25, 0.3) is 5.91 Å². The minimum Gasteiger partial charge on any atom is -0.507 e. The Morgan fingerprint density at radius 1 is 1.50 bits per heavy atom. The lowest BCUT2D eigenvalue weighted by molar-refractivity contribution is 0.0918. The summed E-state index contributed by atoms with van der Waals surface area (Å²) < 4.78 is 0. The molecule has 0 saturated heterocycles. The van der Waals surface area contributed by atoms with Crippen molar-refractivity contribution in [1.29, 1.82) is 0 Å². The largest absolute Gasteiger partial charge is 0.507 e. The van der Waals surface area contributed by atoms with Gasteiger partial charge in [-0.25, -0.2) is 0 Å². The highest BCUT2D eigenvalue weighted by atomic mass is 35.5. The van der Waals surface area contributed by atoms with Crippen molar-refractivity contribution in [1.82, 2.24) is 5.32 Å². The minimum absolute atomic E-state index is 0.104. The third-order valence-electron chi connectivity index (χ3n) is 1.99. The topological polar surface area (TPSA) is 49.3 Å². The molecule has 0 unspecified atom stereocenters. The number of benzene rings is 1. The predicted octanol–water partition coefficient (Wildman–Crippen LogP) is 2.79. The highest BCUT2D eigenvalue weighted by Gasteiger charge is 2.21. The molecule has 0 fully saturated rings. The Morgan fingerprint density at radius 3 is 2.69 bits per heavy atom. The van der Waals surface area contributed by atoms with Crippen LogP contribution in [0.2, 0.25) is 5.02 Å². The number of phenolic OH excluding ortho intramolecular Hbond substituents is 1. The van der Waals surface area contributed by atoms with Crippen molar-refractivity contribution in [3.8, 4) is 5.75 Å². The molecule has 0 saturated carbocycles. The second kappa shape index (κ2) is 4.93. The van der Waals surface area contributed by atoms with Crippen LogP contribution in [0.15, 0.2) is 18.2 Å². The molecule has 2 N–H and O–H groups in total. The molecule has 1 aromatic carbocycles. The van der Waals surface area contributed by atoms with Gasteiger partial charge in [-0.05, 0) is 32.0 Å². The normalized spacial score (nSPS) is 11.2. The number of carbonyl (C=O) groups is 1. The Balaban J connectivity index is 2.93. The Kier molecular flexibility index (Phi) is 4.05. The van der Waals surface area contributed by atoms with E-state index in [1.165, 1.54) is 18.2 Å². The summed E-state index contributed by atoms with van der Waals surface area (Å²) in [5, 5.41) is 12.6. The van der Waals surface area contributed by atoms with Crippen LogP contribution < -0.4 is 5.32 Å². The summed E-state index contributed by atoms with van der Waals surface area (Å²) >= 11 is 11.4. The zero-order valence-electron chi connectivity index (χ0n) is 9.05. The first kappa shape index (κ1) is 13.1. The molecule has 3 nitrogen and oxygen atoms in total. The Bertz CT molecular complexity index is 405. The maximum Gasteiger partial charge on any atom is 0.255 e. The average molecular weight is 262 g/mol. The van der Waals surface area contributed by atoms with Gasteiger partial charge in [-0.15, -0.1) is 11.6 Å². The average Bonchev–Trinajstić information content (AvgIpc) is 2.21. The van der Waals surface area contributed by atoms with E-state index in [2.05, 4.69) is 5.32 Å². The van der Waals surface area contributed by atoms with E-state index < -0.39 is 11.4 Å². The second-order valence-electron chi connectivity index (χ2n) is 4.13. The SMILES string of the molecule is CC(C)(CCl)NC(=O)c1cc(Cl)ccc1O. The first-order valence-corrected chi connectivity index (χ1v) is 5.64. The van der Waals surface area contributed by atoms with Gasteiger partial charge in [-0.1, -0.05) is 11.6 Å². The quantitative estimate of drug-likeness (QED) is 0.823. The minimum atomic E-state index is -0.534. The molecule has 0 bridgehead atoms. The fourth-order valence-corrected chi connectivity index (χ4v) is 1.34. The van der Waals surface area contributed by atoms with Gasteiger partial charge in [0, 0.05) is 16.4 Å². The lowest BCUT2D eigenvalue weighted by atomic mass is 10.1. The standard InChI is InChI=1S/C11H13Cl2NO2/c1-11(2,6-12)14-10(16)8-5-7(13)3-4-9(8)15/h3-5,15H,6H2,1-2H3,(H,14,16). The number of amides is 1. The molecule has 5 heteroatoms. The van der Waals surface area contributed by atoms with Crippen molar-refractivity contribution in [2.45, 2.75) is 19.4 Å². The van der Waals surface area contributed by atoms with E-state index in [-0.39, 0.29) is 17.2 Å². The van der Waals surface area contributed by atoms with Crippen molar-refractivity contribution in [3.05, 3.63) is 28.8 Å². The van der Waals surface area contributed by atoms with E-state index >= 15 is 0 Å². The summed E-state index contributed by atoms with van der Waals surface area (Å²) in [7, 11) is 0. The number of hydrogen-bond acceptors (Lipinski definition) is 2. The summed E-state index contributed by atoms with van der Waals surface area (Å²) in [6.45, 7) is 3.58. The third-order valence-corrected chi connectivity index (χ3v) is 2.89.